The molecule has 0 amide bonds. The van der Waals surface area contributed by atoms with E-state index in [0.29, 0.717) is 6.42 Å². The van der Waals surface area contributed by atoms with Crippen molar-refractivity contribution < 1.29 is 4.92 Å². The number of rotatable bonds is 5. The Hall–Kier alpha value is -1.80. The maximum Gasteiger partial charge on any atom is 0.329 e. The third-order valence-electron chi connectivity index (χ3n) is 2.41. The van der Waals surface area contributed by atoms with Gasteiger partial charge in [-0.05, 0) is 18.0 Å². The molecule has 19 heavy (non-hydrogen) atoms. The molecule has 0 aromatic carbocycles. The first kappa shape index (κ1) is 13.6. The van der Waals surface area contributed by atoms with Gasteiger partial charge in [0.05, 0.1) is 11.0 Å². The fourth-order valence-corrected chi connectivity index (χ4v) is 2.41. The van der Waals surface area contributed by atoms with Crippen molar-refractivity contribution in [1.29, 1.82) is 0 Å². The van der Waals surface area contributed by atoms with Crippen LogP contribution < -0.4 is 5.32 Å². The number of thiazole rings is 1. The van der Waals surface area contributed by atoms with Gasteiger partial charge in [0.25, 0.3) is 0 Å². The van der Waals surface area contributed by atoms with E-state index < -0.39 is 4.92 Å². The molecular weight excluding hydrogens is 290 g/mol. The minimum Gasteiger partial charge on any atom is -0.355 e. The van der Waals surface area contributed by atoms with E-state index in [4.69, 9.17) is 11.6 Å². The molecule has 2 aromatic heterocycles. The molecular formula is C10H10ClN5O2S. The monoisotopic (exact) mass is 299 g/mol. The second kappa shape index (κ2) is 5.89. The maximum atomic E-state index is 10.9. The Morgan fingerprint density at radius 3 is 2.95 bits per heavy atom. The molecule has 1 N–H and O–H groups in total. The van der Waals surface area contributed by atoms with Crippen molar-refractivity contribution in [3.8, 4) is 0 Å². The SMILES string of the molecule is CCC(Nc1nc(Cl)ncc1[N+](=O)[O-])c1nccs1. The van der Waals surface area contributed by atoms with Crippen molar-refractivity contribution in [1.82, 2.24) is 15.0 Å². The van der Waals surface area contributed by atoms with E-state index in [1.807, 2.05) is 12.3 Å². The van der Waals surface area contributed by atoms with E-state index >= 15 is 0 Å². The zero-order valence-corrected chi connectivity index (χ0v) is 11.5. The first-order valence-corrected chi connectivity index (χ1v) is 6.70. The van der Waals surface area contributed by atoms with Crippen LogP contribution in [-0.2, 0) is 0 Å². The van der Waals surface area contributed by atoms with Crippen LogP contribution in [0.5, 0.6) is 0 Å². The topological polar surface area (TPSA) is 93.8 Å². The summed E-state index contributed by atoms with van der Waals surface area (Å²) in [6.45, 7) is 1.95. The highest BCUT2D eigenvalue weighted by Gasteiger charge is 2.21. The Balaban J connectivity index is 2.31. The summed E-state index contributed by atoms with van der Waals surface area (Å²) in [5.74, 6) is 0.104. The summed E-state index contributed by atoms with van der Waals surface area (Å²) >= 11 is 7.15. The van der Waals surface area contributed by atoms with Crippen LogP contribution in [0.1, 0.15) is 24.4 Å². The molecule has 0 aliphatic heterocycles. The maximum absolute atomic E-state index is 10.9. The van der Waals surface area contributed by atoms with Gasteiger partial charge in [0.1, 0.15) is 11.2 Å². The van der Waals surface area contributed by atoms with Gasteiger partial charge < -0.3 is 5.32 Å². The number of nitro groups is 1. The Morgan fingerprint density at radius 2 is 2.37 bits per heavy atom. The molecule has 0 saturated carbocycles. The van der Waals surface area contributed by atoms with Gasteiger partial charge >= 0.3 is 5.69 Å². The number of anilines is 1. The van der Waals surface area contributed by atoms with Crippen molar-refractivity contribution in [3.05, 3.63) is 38.2 Å². The van der Waals surface area contributed by atoms with Gasteiger partial charge in [-0.2, -0.15) is 4.98 Å². The number of halogens is 1. The highest BCUT2D eigenvalue weighted by molar-refractivity contribution is 7.09. The minimum absolute atomic E-state index is 0.0397. The molecule has 0 bridgehead atoms. The van der Waals surface area contributed by atoms with Gasteiger partial charge in [-0.25, -0.2) is 9.97 Å². The highest BCUT2D eigenvalue weighted by Crippen LogP contribution is 2.28. The Labute approximate surface area is 117 Å². The van der Waals surface area contributed by atoms with E-state index in [1.165, 1.54) is 11.3 Å². The molecule has 1 atom stereocenters. The van der Waals surface area contributed by atoms with Crippen molar-refractivity contribution in [2.24, 2.45) is 0 Å². The summed E-state index contributed by atoms with van der Waals surface area (Å²) in [6, 6.07) is -0.148. The number of nitrogens with zero attached hydrogens (tertiary/aromatic N) is 4. The predicted molar refractivity (Wildman–Crippen MR) is 72.5 cm³/mol. The van der Waals surface area contributed by atoms with Crippen LogP contribution in [0.3, 0.4) is 0 Å². The second-order valence-corrected chi connectivity index (χ2v) is 4.87. The molecule has 2 aromatic rings. The quantitative estimate of drug-likeness (QED) is 0.518. The van der Waals surface area contributed by atoms with E-state index in [-0.39, 0.29) is 22.8 Å². The van der Waals surface area contributed by atoms with Crippen LogP contribution in [0.4, 0.5) is 11.5 Å². The molecule has 9 heteroatoms. The minimum atomic E-state index is -0.548. The molecule has 100 valence electrons. The largest absolute Gasteiger partial charge is 0.355 e. The lowest BCUT2D eigenvalue weighted by molar-refractivity contribution is -0.384. The van der Waals surface area contributed by atoms with E-state index in [2.05, 4.69) is 20.3 Å². The van der Waals surface area contributed by atoms with Gasteiger partial charge in [0.2, 0.25) is 11.1 Å². The Kier molecular flexibility index (Phi) is 4.23. The third kappa shape index (κ3) is 3.15. The first-order valence-electron chi connectivity index (χ1n) is 5.44. The molecule has 2 rings (SSSR count). The molecule has 2 heterocycles. The number of nitrogens with one attached hydrogen (secondary N) is 1. The van der Waals surface area contributed by atoms with E-state index in [0.717, 1.165) is 11.2 Å². The summed E-state index contributed by atoms with van der Waals surface area (Å²) in [7, 11) is 0. The zero-order chi connectivity index (χ0) is 13.8. The van der Waals surface area contributed by atoms with Crippen LogP contribution in [0.15, 0.2) is 17.8 Å². The summed E-state index contributed by atoms with van der Waals surface area (Å²) in [6.07, 6.45) is 3.49. The Bertz CT molecular complexity index is 577. The van der Waals surface area contributed by atoms with Crippen molar-refractivity contribution in [3.63, 3.8) is 0 Å². The summed E-state index contributed by atoms with van der Waals surface area (Å²) < 4.78 is 0. The summed E-state index contributed by atoms with van der Waals surface area (Å²) in [5, 5.41) is 16.6. The van der Waals surface area contributed by atoms with Gasteiger partial charge in [0, 0.05) is 11.6 Å². The fraction of sp³-hybridized carbons (Fsp3) is 0.300. The van der Waals surface area contributed by atoms with Crippen molar-refractivity contribution in [2.45, 2.75) is 19.4 Å². The number of aromatic nitrogens is 3. The van der Waals surface area contributed by atoms with Crippen LogP contribution >= 0.6 is 22.9 Å². The van der Waals surface area contributed by atoms with Crippen molar-refractivity contribution in [2.75, 3.05) is 5.32 Å². The average Bonchev–Trinajstić information content (AvgIpc) is 2.89. The van der Waals surface area contributed by atoms with Crippen LogP contribution in [-0.4, -0.2) is 19.9 Å². The molecule has 0 saturated heterocycles. The van der Waals surface area contributed by atoms with Gasteiger partial charge in [-0.1, -0.05) is 6.92 Å². The van der Waals surface area contributed by atoms with E-state index in [9.17, 15) is 10.1 Å². The number of hydrogen-bond donors (Lipinski definition) is 1. The van der Waals surface area contributed by atoms with E-state index in [1.54, 1.807) is 6.20 Å². The lowest BCUT2D eigenvalue weighted by Crippen LogP contribution is -2.12. The van der Waals surface area contributed by atoms with Gasteiger partial charge in [-0.15, -0.1) is 11.3 Å². The van der Waals surface area contributed by atoms with Gasteiger partial charge in [0.15, 0.2) is 0 Å². The average molecular weight is 300 g/mol. The standard InChI is InChI=1S/C10H10ClN5O2S/c1-2-6(9-12-3-4-19-9)14-8-7(16(17)18)5-13-10(11)15-8/h3-6H,2H2,1H3,(H,13,14,15). The summed E-state index contributed by atoms with van der Waals surface area (Å²) in [4.78, 5) is 22.0. The first-order chi connectivity index (χ1) is 9.11. The van der Waals surface area contributed by atoms with Crippen LogP contribution in [0.2, 0.25) is 5.28 Å². The molecule has 0 fully saturated rings. The molecule has 1 unspecified atom stereocenters. The highest BCUT2D eigenvalue weighted by atomic mass is 35.5. The van der Waals surface area contributed by atoms with Gasteiger partial charge in [-0.3, -0.25) is 10.1 Å². The lowest BCUT2D eigenvalue weighted by Gasteiger charge is -2.14. The third-order valence-corrected chi connectivity index (χ3v) is 3.48. The zero-order valence-electron chi connectivity index (χ0n) is 9.91. The van der Waals surface area contributed by atoms with Crippen LogP contribution in [0, 0.1) is 10.1 Å². The molecule has 0 aliphatic carbocycles. The fourth-order valence-electron chi connectivity index (χ4n) is 1.50. The Morgan fingerprint density at radius 1 is 1.58 bits per heavy atom. The molecule has 0 spiro atoms. The lowest BCUT2D eigenvalue weighted by atomic mass is 10.2. The van der Waals surface area contributed by atoms with Crippen LogP contribution in [0.25, 0.3) is 0 Å². The smallest absolute Gasteiger partial charge is 0.329 e. The molecule has 7 nitrogen and oxygen atoms in total. The normalized spacial score (nSPS) is 12.1. The molecule has 0 radical (unpaired) electrons. The number of hydrogen-bond acceptors (Lipinski definition) is 7. The second-order valence-electron chi connectivity index (χ2n) is 3.61. The predicted octanol–water partition coefficient (Wildman–Crippen LogP) is 3.06. The summed E-state index contributed by atoms with van der Waals surface area (Å²) in [5.41, 5.74) is -0.209. The molecule has 0 aliphatic rings. The van der Waals surface area contributed by atoms with Crippen molar-refractivity contribution >= 4 is 34.4 Å².